The van der Waals surface area contributed by atoms with Gasteiger partial charge in [0.05, 0.1) is 13.2 Å². The van der Waals surface area contributed by atoms with Gasteiger partial charge in [0.2, 0.25) is 5.91 Å². The molecule has 25 heavy (non-hydrogen) atoms. The van der Waals surface area contributed by atoms with Gasteiger partial charge in [-0.3, -0.25) is 4.79 Å². The molecule has 0 saturated carbocycles. The van der Waals surface area contributed by atoms with Gasteiger partial charge in [-0.1, -0.05) is 34.1 Å². The number of hydrogen-bond acceptors (Lipinski definition) is 7. The molecule has 1 aromatic heterocycles. The number of ether oxygens (including phenoxy) is 1. The lowest BCUT2D eigenvalue weighted by atomic mass is 9.95. The second-order valence-corrected chi connectivity index (χ2v) is 7.47. The molecule has 8 heteroatoms. The van der Waals surface area contributed by atoms with Crippen LogP contribution in [0.3, 0.4) is 0 Å². The highest BCUT2D eigenvalue weighted by atomic mass is 32.1. The third kappa shape index (κ3) is 6.05. The first-order valence-electron chi connectivity index (χ1n) is 8.48. The van der Waals surface area contributed by atoms with Gasteiger partial charge in [0.15, 0.2) is 5.69 Å². The van der Waals surface area contributed by atoms with Gasteiger partial charge in [0.25, 0.3) is 0 Å². The molecule has 4 atom stereocenters. The maximum atomic E-state index is 12.3. The van der Waals surface area contributed by atoms with Gasteiger partial charge in [-0.15, -0.1) is 11.3 Å². The Hall–Kier alpha value is -1.51. The van der Waals surface area contributed by atoms with Crippen LogP contribution in [0.25, 0.3) is 0 Å². The van der Waals surface area contributed by atoms with E-state index in [9.17, 15) is 14.7 Å². The Morgan fingerprint density at radius 3 is 2.56 bits per heavy atom. The molecule has 0 fully saturated rings. The van der Waals surface area contributed by atoms with Gasteiger partial charge in [-0.05, 0) is 11.8 Å². The quantitative estimate of drug-likeness (QED) is 0.571. The van der Waals surface area contributed by atoms with Gasteiger partial charge in [-0.2, -0.15) is 0 Å². The number of aromatic nitrogens is 1. The van der Waals surface area contributed by atoms with Crippen molar-refractivity contribution in [1.82, 2.24) is 10.3 Å². The molecule has 142 valence electrons. The molecule has 0 unspecified atom stereocenters. The molecule has 1 amide bonds. The van der Waals surface area contributed by atoms with E-state index in [0.717, 1.165) is 6.42 Å². The van der Waals surface area contributed by atoms with Crippen molar-refractivity contribution in [2.75, 3.05) is 7.11 Å². The molecule has 1 aromatic rings. The number of nitrogens with zero attached hydrogens (tertiary/aromatic N) is 1. The second kappa shape index (κ2) is 9.84. The van der Waals surface area contributed by atoms with Gasteiger partial charge in [0, 0.05) is 17.8 Å². The van der Waals surface area contributed by atoms with Crippen LogP contribution in [0.5, 0.6) is 0 Å². The lowest BCUT2D eigenvalue weighted by molar-refractivity contribution is -0.124. The van der Waals surface area contributed by atoms with Crippen molar-refractivity contribution in [1.29, 1.82) is 0 Å². The zero-order valence-corrected chi connectivity index (χ0v) is 16.3. The largest absolute Gasteiger partial charge is 0.464 e. The number of rotatable bonds is 9. The minimum absolute atomic E-state index is 0.0827. The summed E-state index contributed by atoms with van der Waals surface area (Å²) in [6.07, 6.45) is 0.236. The van der Waals surface area contributed by atoms with Gasteiger partial charge < -0.3 is 20.9 Å². The molecule has 4 N–H and O–H groups in total. The normalized spacial score (nSPS) is 16.2. The van der Waals surface area contributed by atoms with Crippen molar-refractivity contribution in [2.24, 2.45) is 17.6 Å². The number of hydrogen-bond donors (Lipinski definition) is 3. The van der Waals surface area contributed by atoms with Crippen LogP contribution >= 0.6 is 11.3 Å². The summed E-state index contributed by atoms with van der Waals surface area (Å²) >= 11 is 1.19. The number of nitrogens with one attached hydrogen (secondary N) is 1. The zero-order chi connectivity index (χ0) is 19.1. The predicted octanol–water partition coefficient (Wildman–Crippen LogP) is 1.87. The van der Waals surface area contributed by atoms with Crippen LogP contribution in [-0.2, 0) is 9.53 Å². The predicted molar refractivity (Wildman–Crippen MR) is 97.2 cm³/mol. The van der Waals surface area contributed by atoms with Crippen molar-refractivity contribution in [3.05, 3.63) is 16.1 Å². The molecular weight excluding hydrogens is 342 g/mol. The highest BCUT2D eigenvalue weighted by molar-refractivity contribution is 7.09. The maximum absolute atomic E-state index is 12.3. The molecular formula is C17H29N3O4S. The van der Waals surface area contributed by atoms with E-state index in [1.807, 2.05) is 27.7 Å². The Kier molecular flexibility index (Phi) is 8.47. The Morgan fingerprint density at radius 2 is 2.04 bits per heavy atom. The number of carbonyl (C=O) groups excluding carboxylic acids is 2. The molecule has 7 nitrogen and oxygen atoms in total. The first-order valence-corrected chi connectivity index (χ1v) is 9.36. The van der Waals surface area contributed by atoms with Crippen LogP contribution in [-0.4, -0.2) is 41.2 Å². The van der Waals surface area contributed by atoms with Crippen LogP contribution in [0, 0.1) is 11.8 Å². The maximum Gasteiger partial charge on any atom is 0.357 e. The fourth-order valence-corrected chi connectivity index (χ4v) is 3.06. The number of aliphatic hydroxyl groups excluding tert-OH is 1. The first-order chi connectivity index (χ1) is 11.7. The molecule has 1 heterocycles. The van der Waals surface area contributed by atoms with E-state index in [2.05, 4.69) is 15.0 Å². The smallest absolute Gasteiger partial charge is 0.357 e. The summed E-state index contributed by atoms with van der Waals surface area (Å²) in [5.74, 6) is -0.556. The van der Waals surface area contributed by atoms with Crippen LogP contribution in [0.15, 0.2) is 5.38 Å². The number of esters is 1. The number of thiazole rings is 1. The van der Waals surface area contributed by atoms with Crippen LogP contribution in [0.2, 0.25) is 0 Å². The fourth-order valence-electron chi connectivity index (χ4n) is 2.27. The second-order valence-electron chi connectivity index (χ2n) is 6.58. The number of methoxy groups -OCH3 is 1. The number of aliphatic hydroxyl groups is 1. The van der Waals surface area contributed by atoms with E-state index >= 15 is 0 Å². The number of nitrogens with two attached hydrogens (primary N) is 1. The van der Waals surface area contributed by atoms with Crippen LogP contribution in [0.4, 0.5) is 0 Å². The summed E-state index contributed by atoms with van der Waals surface area (Å²) in [6.45, 7) is 7.86. The fraction of sp³-hybridized carbons (Fsp3) is 0.706. The van der Waals surface area contributed by atoms with Crippen LogP contribution < -0.4 is 11.1 Å². The van der Waals surface area contributed by atoms with Crippen molar-refractivity contribution in [3.63, 3.8) is 0 Å². The summed E-state index contributed by atoms with van der Waals surface area (Å²) in [5, 5.41) is 15.3. The molecule has 0 aliphatic heterocycles. The summed E-state index contributed by atoms with van der Waals surface area (Å²) in [5.41, 5.74) is 6.15. The van der Waals surface area contributed by atoms with Crippen molar-refractivity contribution >= 4 is 23.2 Å². The lowest BCUT2D eigenvalue weighted by Gasteiger charge is -2.27. The minimum Gasteiger partial charge on any atom is -0.464 e. The molecule has 0 radical (unpaired) electrons. The Bertz CT molecular complexity index is 576. The van der Waals surface area contributed by atoms with Crippen molar-refractivity contribution in [3.8, 4) is 0 Å². The van der Waals surface area contributed by atoms with Gasteiger partial charge in [0.1, 0.15) is 11.1 Å². The monoisotopic (exact) mass is 371 g/mol. The van der Waals surface area contributed by atoms with E-state index in [1.165, 1.54) is 18.4 Å². The molecule has 0 saturated heterocycles. The van der Waals surface area contributed by atoms with Crippen LogP contribution in [0.1, 0.15) is 62.1 Å². The standard InChI is InChI=1S/C17H29N3O4S/c1-6-10(4)14(18)15(22)19-11(9(2)3)7-13(21)16-20-12(8-25-16)17(23)24-5/h8-11,13-14,21H,6-7,18H2,1-5H3,(H,19,22)/t10-,11+,13+,14-/m0/s1. The Balaban J connectivity index is 2.75. The zero-order valence-electron chi connectivity index (χ0n) is 15.5. The first kappa shape index (κ1) is 21.5. The van der Waals surface area contributed by atoms with E-state index in [-0.39, 0.29) is 29.5 Å². The van der Waals surface area contributed by atoms with Gasteiger partial charge >= 0.3 is 5.97 Å². The molecule has 1 rings (SSSR count). The number of carbonyl (C=O) groups is 2. The SMILES string of the molecule is CC[C@H](C)[C@H](N)C(=O)N[C@H](C[C@@H](O)c1nc(C(=O)OC)cs1)C(C)C. The summed E-state index contributed by atoms with van der Waals surface area (Å²) < 4.78 is 4.61. The van der Waals surface area contributed by atoms with E-state index < -0.39 is 18.1 Å². The molecule has 0 aliphatic carbocycles. The summed E-state index contributed by atoms with van der Waals surface area (Å²) in [4.78, 5) is 27.9. The minimum atomic E-state index is -0.879. The average Bonchev–Trinajstić information content (AvgIpc) is 3.08. The Labute approximate surface area is 153 Å². The summed E-state index contributed by atoms with van der Waals surface area (Å²) in [7, 11) is 1.28. The van der Waals surface area contributed by atoms with Gasteiger partial charge in [-0.25, -0.2) is 9.78 Å². The van der Waals surface area contributed by atoms with E-state index in [4.69, 9.17) is 5.73 Å². The average molecular weight is 372 g/mol. The van der Waals surface area contributed by atoms with E-state index in [1.54, 1.807) is 5.38 Å². The lowest BCUT2D eigenvalue weighted by Crippen LogP contribution is -2.50. The highest BCUT2D eigenvalue weighted by Gasteiger charge is 2.27. The summed E-state index contributed by atoms with van der Waals surface area (Å²) in [6, 6.07) is -0.822. The number of amides is 1. The molecule has 0 aromatic carbocycles. The van der Waals surface area contributed by atoms with E-state index in [0.29, 0.717) is 11.4 Å². The topological polar surface area (TPSA) is 115 Å². The Morgan fingerprint density at radius 1 is 1.40 bits per heavy atom. The molecule has 0 bridgehead atoms. The highest BCUT2D eigenvalue weighted by Crippen LogP contribution is 2.25. The van der Waals surface area contributed by atoms with Crippen molar-refractivity contribution in [2.45, 2.75) is 58.7 Å². The van der Waals surface area contributed by atoms with Crippen molar-refractivity contribution < 1.29 is 19.4 Å². The third-order valence-electron chi connectivity index (χ3n) is 4.37. The third-order valence-corrected chi connectivity index (χ3v) is 5.32. The molecule has 0 spiro atoms. The molecule has 0 aliphatic rings.